The summed E-state index contributed by atoms with van der Waals surface area (Å²) in [6.07, 6.45) is -0.232. The van der Waals surface area contributed by atoms with Gasteiger partial charge in [-0.15, -0.1) is 0 Å². The molecule has 0 aromatic heterocycles. The second kappa shape index (κ2) is 7.85. The van der Waals surface area contributed by atoms with E-state index in [0.29, 0.717) is 5.69 Å². The van der Waals surface area contributed by atoms with E-state index in [4.69, 9.17) is 0 Å². The van der Waals surface area contributed by atoms with Gasteiger partial charge in [-0.25, -0.2) is 9.69 Å². The zero-order chi connectivity index (χ0) is 20.4. The van der Waals surface area contributed by atoms with Gasteiger partial charge in [0.15, 0.2) is 0 Å². The van der Waals surface area contributed by atoms with Gasteiger partial charge in [0.05, 0.1) is 16.9 Å². The number of anilines is 2. The van der Waals surface area contributed by atoms with E-state index in [2.05, 4.69) is 5.32 Å². The molecule has 3 amide bonds. The zero-order valence-electron chi connectivity index (χ0n) is 15.3. The third kappa shape index (κ3) is 3.91. The van der Waals surface area contributed by atoms with Crippen LogP contribution in [0.15, 0.2) is 42.5 Å². The number of nitrogens with one attached hydrogen (secondary N) is 1. The van der Waals surface area contributed by atoms with E-state index in [0.717, 1.165) is 27.8 Å². The van der Waals surface area contributed by atoms with Gasteiger partial charge in [0.2, 0.25) is 11.8 Å². The summed E-state index contributed by atoms with van der Waals surface area (Å²) in [4.78, 5) is 49.9. The molecule has 1 saturated heterocycles. The van der Waals surface area contributed by atoms with Crippen LogP contribution in [0.3, 0.4) is 0 Å². The molecule has 0 radical (unpaired) electrons. The zero-order valence-corrected chi connectivity index (χ0v) is 16.1. The molecule has 1 aliphatic rings. The quantitative estimate of drug-likeness (QED) is 0.798. The van der Waals surface area contributed by atoms with Gasteiger partial charge in [-0.05, 0) is 54.9 Å². The molecule has 1 unspecified atom stereocenters. The van der Waals surface area contributed by atoms with Gasteiger partial charge in [0, 0.05) is 6.42 Å². The third-order valence-electron chi connectivity index (χ3n) is 4.33. The molecule has 7 nitrogen and oxygen atoms in total. The number of aromatic carboxylic acids is 1. The number of carbonyl (C=O) groups is 4. The van der Waals surface area contributed by atoms with Gasteiger partial charge in [0.1, 0.15) is 5.25 Å². The van der Waals surface area contributed by atoms with Crippen LogP contribution in [0.25, 0.3) is 0 Å². The molecule has 2 aromatic rings. The largest absolute Gasteiger partial charge is 0.478 e. The summed E-state index contributed by atoms with van der Waals surface area (Å²) in [5, 5.41) is 10.4. The van der Waals surface area contributed by atoms with Crippen molar-refractivity contribution in [2.45, 2.75) is 25.5 Å². The lowest BCUT2D eigenvalue weighted by atomic mass is 10.1. The number of rotatable bonds is 5. The molecule has 0 bridgehead atoms. The molecular weight excluding hydrogens is 380 g/mol. The normalized spacial score (nSPS) is 16.4. The summed E-state index contributed by atoms with van der Waals surface area (Å²) in [5.74, 6) is -2.15. The maximum atomic E-state index is 12.8. The molecule has 0 aliphatic carbocycles. The second-order valence-corrected chi connectivity index (χ2v) is 7.59. The lowest BCUT2D eigenvalue weighted by Gasteiger charge is -2.17. The highest BCUT2D eigenvalue weighted by molar-refractivity contribution is 8.15. The fraction of sp³-hybridized carbons (Fsp3) is 0.200. The predicted octanol–water partition coefficient (Wildman–Crippen LogP) is 3.60. The second-order valence-electron chi connectivity index (χ2n) is 6.44. The van der Waals surface area contributed by atoms with Crippen molar-refractivity contribution in [1.29, 1.82) is 0 Å². The number of carboxylic acids is 1. The lowest BCUT2D eigenvalue weighted by Crippen LogP contribution is -2.33. The van der Waals surface area contributed by atoms with E-state index in [1.165, 1.54) is 12.1 Å². The predicted molar refractivity (Wildman–Crippen MR) is 107 cm³/mol. The topological polar surface area (TPSA) is 104 Å². The number of imide groups is 1. The van der Waals surface area contributed by atoms with Gasteiger partial charge in [-0.3, -0.25) is 14.4 Å². The van der Waals surface area contributed by atoms with Crippen LogP contribution in [-0.4, -0.2) is 33.4 Å². The summed E-state index contributed by atoms with van der Waals surface area (Å²) in [5.41, 5.74) is 2.31. The van der Waals surface area contributed by atoms with Crippen molar-refractivity contribution in [3.05, 3.63) is 59.2 Å². The summed E-state index contributed by atoms with van der Waals surface area (Å²) in [6, 6.07) is 11.5. The van der Waals surface area contributed by atoms with Crippen LogP contribution in [0.1, 0.15) is 27.9 Å². The van der Waals surface area contributed by atoms with Crippen molar-refractivity contribution in [3.63, 3.8) is 0 Å². The highest BCUT2D eigenvalue weighted by Gasteiger charge is 2.42. The molecule has 2 N–H and O–H groups in total. The Balaban J connectivity index is 1.75. The summed E-state index contributed by atoms with van der Waals surface area (Å²) >= 11 is 0.801. The molecule has 0 spiro atoms. The fourth-order valence-corrected chi connectivity index (χ4v) is 3.89. The molecule has 1 fully saturated rings. The van der Waals surface area contributed by atoms with Gasteiger partial charge in [-0.2, -0.15) is 0 Å². The Bertz CT molecular complexity index is 988. The van der Waals surface area contributed by atoms with Crippen molar-refractivity contribution < 1.29 is 24.3 Å². The Labute approximate surface area is 165 Å². The number of hydrogen-bond donors (Lipinski definition) is 2. The Morgan fingerprint density at radius 2 is 1.86 bits per heavy atom. The standard InChI is InChI=1S/C20H18N2O5S/c1-11-7-8-12(2)15(9-11)22-18(24)16(28-20(22)27)10-17(23)21-14-6-4-3-5-13(14)19(25)26/h3-9,16H,10H2,1-2H3,(H,21,23)(H,25,26). The van der Waals surface area contributed by atoms with E-state index >= 15 is 0 Å². The molecule has 1 heterocycles. The Kier molecular flexibility index (Phi) is 5.51. The number of para-hydroxylation sites is 1. The van der Waals surface area contributed by atoms with Crippen LogP contribution in [0.4, 0.5) is 16.2 Å². The minimum absolute atomic E-state index is 0.0469. The fourth-order valence-electron chi connectivity index (χ4n) is 2.91. The number of amides is 3. The SMILES string of the molecule is Cc1ccc(C)c(N2C(=O)SC(CC(=O)Nc3ccccc3C(=O)O)C2=O)c1. The lowest BCUT2D eigenvalue weighted by molar-refractivity contribution is -0.121. The van der Waals surface area contributed by atoms with Gasteiger partial charge in [-0.1, -0.05) is 24.3 Å². The average molecular weight is 398 g/mol. The van der Waals surface area contributed by atoms with Crippen LogP contribution in [-0.2, 0) is 9.59 Å². The van der Waals surface area contributed by atoms with Crippen molar-refractivity contribution in [2.24, 2.45) is 0 Å². The Morgan fingerprint density at radius 1 is 1.14 bits per heavy atom. The van der Waals surface area contributed by atoms with Gasteiger partial charge >= 0.3 is 5.97 Å². The Morgan fingerprint density at radius 3 is 2.57 bits per heavy atom. The first kappa shape index (κ1) is 19.6. The number of hydrogen-bond acceptors (Lipinski definition) is 5. The molecule has 2 aromatic carbocycles. The summed E-state index contributed by atoms with van der Waals surface area (Å²) in [7, 11) is 0. The highest BCUT2D eigenvalue weighted by atomic mass is 32.2. The highest BCUT2D eigenvalue weighted by Crippen LogP contribution is 2.35. The van der Waals surface area contributed by atoms with Crippen molar-refractivity contribution in [2.75, 3.05) is 10.2 Å². The van der Waals surface area contributed by atoms with Gasteiger partial charge < -0.3 is 10.4 Å². The van der Waals surface area contributed by atoms with Crippen molar-refractivity contribution in [1.82, 2.24) is 0 Å². The maximum Gasteiger partial charge on any atom is 0.337 e. The molecule has 28 heavy (non-hydrogen) atoms. The molecule has 8 heteroatoms. The number of thioether (sulfide) groups is 1. The number of benzene rings is 2. The van der Waals surface area contributed by atoms with Crippen LogP contribution < -0.4 is 10.2 Å². The molecule has 144 valence electrons. The minimum atomic E-state index is -1.17. The van der Waals surface area contributed by atoms with Crippen LogP contribution in [0, 0.1) is 13.8 Å². The van der Waals surface area contributed by atoms with Crippen molar-refractivity contribution in [3.8, 4) is 0 Å². The van der Waals surface area contributed by atoms with Crippen LogP contribution in [0.5, 0.6) is 0 Å². The van der Waals surface area contributed by atoms with Crippen LogP contribution >= 0.6 is 11.8 Å². The third-order valence-corrected chi connectivity index (χ3v) is 5.37. The first-order chi connectivity index (χ1) is 13.3. The smallest absolute Gasteiger partial charge is 0.337 e. The maximum absolute atomic E-state index is 12.8. The number of aryl methyl sites for hydroxylation is 2. The van der Waals surface area contributed by atoms with Crippen LogP contribution in [0.2, 0.25) is 0 Å². The monoisotopic (exact) mass is 398 g/mol. The van der Waals surface area contributed by atoms with E-state index in [9.17, 15) is 24.3 Å². The molecule has 1 aliphatic heterocycles. The van der Waals surface area contributed by atoms with E-state index in [1.807, 2.05) is 26.0 Å². The van der Waals surface area contributed by atoms with E-state index < -0.39 is 28.3 Å². The Hall–Kier alpha value is -3.13. The van der Waals surface area contributed by atoms with E-state index in [1.54, 1.807) is 18.2 Å². The van der Waals surface area contributed by atoms with Gasteiger partial charge in [0.25, 0.3) is 5.24 Å². The molecule has 3 rings (SSSR count). The summed E-state index contributed by atoms with van der Waals surface area (Å²) < 4.78 is 0. The van der Waals surface area contributed by atoms with Crippen molar-refractivity contribution >= 4 is 46.2 Å². The average Bonchev–Trinajstić information content (AvgIpc) is 2.90. The summed E-state index contributed by atoms with van der Waals surface area (Å²) in [6.45, 7) is 3.68. The molecule has 0 saturated carbocycles. The van der Waals surface area contributed by atoms with E-state index in [-0.39, 0.29) is 17.7 Å². The first-order valence-electron chi connectivity index (χ1n) is 8.52. The number of nitrogens with zero attached hydrogens (tertiary/aromatic N) is 1. The number of carboxylic acid groups (broad SMARTS) is 1. The molecule has 1 atom stereocenters. The number of carbonyl (C=O) groups excluding carboxylic acids is 3. The first-order valence-corrected chi connectivity index (χ1v) is 9.40. The molecular formula is C20H18N2O5S. The minimum Gasteiger partial charge on any atom is -0.478 e.